The zero-order chi connectivity index (χ0) is 15.7. The number of amides is 1. The molecule has 0 bridgehead atoms. The highest BCUT2D eigenvalue weighted by atomic mass is 16.6. The Bertz CT molecular complexity index is 672. The molecule has 0 aliphatic carbocycles. The van der Waals surface area contributed by atoms with Gasteiger partial charge in [-0.25, -0.2) is 9.78 Å². The Balaban J connectivity index is 1.77. The number of pyridine rings is 1. The summed E-state index contributed by atoms with van der Waals surface area (Å²) in [6.45, 7) is 7.12. The Morgan fingerprint density at radius 3 is 2.95 bits per heavy atom. The fourth-order valence-corrected chi connectivity index (χ4v) is 2.95. The number of nitrogens with zero attached hydrogens (tertiary/aromatic N) is 3. The van der Waals surface area contributed by atoms with Gasteiger partial charge in [0, 0.05) is 25.2 Å². The number of ether oxygens (including phenoxy) is 1. The summed E-state index contributed by atoms with van der Waals surface area (Å²) < 4.78 is 7.60. The molecule has 1 aliphatic rings. The van der Waals surface area contributed by atoms with Crippen LogP contribution in [0.3, 0.4) is 0 Å². The van der Waals surface area contributed by atoms with Gasteiger partial charge in [0.1, 0.15) is 11.4 Å². The van der Waals surface area contributed by atoms with Crippen molar-refractivity contribution in [3.05, 3.63) is 36.4 Å². The maximum absolute atomic E-state index is 12.3. The van der Waals surface area contributed by atoms with Gasteiger partial charge in [-0.05, 0) is 45.7 Å². The molecule has 1 aliphatic heterocycles. The predicted molar refractivity (Wildman–Crippen MR) is 85.0 cm³/mol. The molecule has 3 rings (SSSR count). The van der Waals surface area contributed by atoms with E-state index in [1.807, 2.05) is 56.3 Å². The van der Waals surface area contributed by atoms with Crippen LogP contribution in [0.15, 0.2) is 30.6 Å². The maximum Gasteiger partial charge on any atom is 0.410 e. The number of carbonyl (C=O) groups is 1. The molecule has 22 heavy (non-hydrogen) atoms. The summed E-state index contributed by atoms with van der Waals surface area (Å²) in [5, 5.41) is 0. The van der Waals surface area contributed by atoms with Gasteiger partial charge in [0.15, 0.2) is 0 Å². The number of piperidine rings is 1. The lowest BCUT2D eigenvalue weighted by atomic mass is 9.97. The molecule has 0 radical (unpaired) electrons. The number of likely N-dealkylation sites (tertiary alicyclic amines) is 1. The van der Waals surface area contributed by atoms with Gasteiger partial charge in [-0.3, -0.25) is 0 Å². The molecule has 0 saturated carbocycles. The number of carbonyl (C=O) groups excluding carboxylic acids is 1. The number of fused-ring (bicyclic) bond motifs is 1. The summed E-state index contributed by atoms with van der Waals surface area (Å²) in [6, 6.07) is 6.06. The molecule has 2 aromatic rings. The first-order valence-corrected chi connectivity index (χ1v) is 7.84. The van der Waals surface area contributed by atoms with Gasteiger partial charge < -0.3 is 14.0 Å². The van der Waals surface area contributed by atoms with Crippen molar-refractivity contribution in [1.82, 2.24) is 14.3 Å². The Morgan fingerprint density at radius 2 is 2.18 bits per heavy atom. The third-order valence-electron chi connectivity index (χ3n) is 3.91. The molecular weight excluding hydrogens is 278 g/mol. The maximum atomic E-state index is 12.3. The molecule has 5 heteroatoms. The van der Waals surface area contributed by atoms with Crippen LogP contribution in [0.25, 0.3) is 5.52 Å². The summed E-state index contributed by atoms with van der Waals surface area (Å²) in [6.07, 6.45) is 5.73. The van der Waals surface area contributed by atoms with E-state index < -0.39 is 5.60 Å². The summed E-state index contributed by atoms with van der Waals surface area (Å²) in [5.74, 6) is 1.29. The number of imidazole rings is 1. The number of rotatable bonds is 1. The van der Waals surface area contributed by atoms with Gasteiger partial charge in [0.05, 0.1) is 11.7 Å². The second-order valence-electron chi connectivity index (χ2n) is 6.88. The van der Waals surface area contributed by atoms with E-state index >= 15 is 0 Å². The molecule has 3 heterocycles. The molecule has 118 valence electrons. The van der Waals surface area contributed by atoms with Gasteiger partial charge in [-0.1, -0.05) is 6.07 Å². The average molecular weight is 301 g/mol. The van der Waals surface area contributed by atoms with Crippen LogP contribution in [-0.2, 0) is 4.74 Å². The van der Waals surface area contributed by atoms with Crippen molar-refractivity contribution >= 4 is 11.6 Å². The Hall–Kier alpha value is -2.04. The number of hydrogen-bond acceptors (Lipinski definition) is 3. The van der Waals surface area contributed by atoms with Crippen LogP contribution in [0.1, 0.15) is 45.4 Å². The van der Waals surface area contributed by atoms with E-state index in [1.54, 1.807) is 0 Å². The molecule has 1 atom stereocenters. The molecule has 1 unspecified atom stereocenters. The first-order chi connectivity index (χ1) is 10.4. The van der Waals surface area contributed by atoms with Crippen molar-refractivity contribution in [3.63, 3.8) is 0 Å². The molecule has 0 spiro atoms. The third kappa shape index (κ3) is 3.08. The highest BCUT2D eigenvalue weighted by molar-refractivity contribution is 5.68. The SMILES string of the molecule is CC(C)(C)OC(=O)N1CCCC(c2ncc3ccccn23)C1. The molecule has 0 N–H and O–H groups in total. The Kier molecular flexibility index (Phi) is 3.81. The average Bonchev–Trinajstić information content (AvgIpc) is 2.89. The van der Waals surface area contributed by atoms with Crippen molar-refractivity contribution in [3.8, 4) is 0 Å². The molecule has 5 nitrogen and oxygen atoms in total. The minimum Gasteiger partial charge on any atom is -0.444 e. The van der Waals surface area contributed by atoms with Crippen LogP contribution in [0.2, 0.25) is 0 Å². The zero-order valence-electron chi connectivity index (χ0n) is 13.5. The van der Waals surface area contributed by atoms with Crippen molar-refractivity contribution < 1.29 is 9.53 Å². The fourth-order valence-electron chi connectivity index (χ4n) is 2.95. The van der Waals surface area contributed by atoms with Gasteiger partial charge in [-0.15, -0.1) is 0 Å². The molecule has 2 aromatic heterocycles. The second kappa shape index (κ2) is 5.63. The number of hydrogen-bond donors (Lipinski definition) is 0. The number of aromatic nitrogens is 2. The van der Waals surface area contributed by atoms with Crippen molar-refractivity contribution in [2.24, 2.45) is 0 Å². The van der Waals surface area contributed by atoms with E-state index in [1.165, 1.54) is 0 Å². The monoisotopic (exact) mass is 301 g/mol. The highest BCUT2D eigenvalue weighted by Crippen LogP contribution is 2.27. The molecule has 1 amide bonds. The van der Waals surface area contributed by atoms with E-state index in [4.69, 9.17) is 4.74 Å². The molecule has 0 aromatic carbocycles. The van der Waals surface area contributed by atoms with Crippen LogP contribution in [0.4, 0.5) is 4.79 Å². The van der Waals surface area contributed by atoms with Crippen LogP contribution < -0.4 is 0 Å². The molecule has 1 saturated heterocycles. The lowest BCUT2D eigenvalue weighted by molar-refractivity contribution is 0.0196. The molecule has 1 fully saturated rings. The zero-order valence-corrected chi connectivity index (χ0v) is 13.5. The van der Waals surface area contributed by atoms with Crippen LogP contribution >= 0.6 is 0 Å². The summed E-state index contributed by atoms with van der Waals surface area (Å²) in [7, 11) is 0. The van der Waals surface area contributed by atoms with E-state index in [2.05, 4.69) is 9.38 Å². The lowest BCUT2D eigenvalue weighted by Crippen LogP contribution is -2.42. The third-order valence-corrected chi connectivity index (χ3v) is 3.91. The Morgan fingerprint density at radius 1 is 1.36 bits per heavy atom. The van der Waals surface area contributed by atoms with Crippen LogP contribution in [0.5, 0.6) is 0 Å². The van der Waals surface area contributed by atoms with Gasteiger partial charge in [-0.2, -0.15) is 0 Å². The first-order valence-electron chi connectivity index (χ1n) is 7.84. The second-order valence-corrected chi connectivity index (χ2v) is 6.88. The van der Waals surface area contributed by atoms with Crippen LogP contribution in [0, 0.1) is 0 Å². The summed E-state index contributed by atoms with van der Waals surface area (Å²) in [4.78, 5) is 18.6. The van der Waals surface area contributed by atoms with E-state index in [9.17, 15) is 4.79 Å². The van der Waals surface area contributed by atoms with Gasteiger partial charge in [0.25, 0.3) is 0 Å². The minimum atomic E-state index is -0.454. The smallest absolute Gasteiger partial charge is 0.410 e. The van der Waals surface area contributed by atoms with E-state index in [-0.39, 0.29) is 12.0 Å². The largest absolute Gasteiger partial charge is 0.444 e. The normalized spacial score (nSPS) is 19.4. The van der Waals surface area contributed by atoms with Crippen molar-refractivity contribution in [2.75, 3.05) is 13.1 Å². The molecular formula is C17H23N3O2. The fraction of sp³-hybridized carbons (Fsp3) is 0.529. The predicted octanol–water partition coefficient (Wildman–Crippen LogP) is 3.45. The standard InChI is InChI=1S/C17H23N3O2/c1-17(2,3)22-16(21)19-9-6-7-13(12-19)15-18-11-14-8-4-5-10-20(14)15/h4-5,8,10-11,13H,6-7,9,12H2,1-3H3. The Labute approximate surface area is 130 Å². The van der Waals surface area contributed by atoms with Crippen molar-refractivity contribution in [2.45, 2.75) is 45.1 Å². The van der Waals surface area contributed by atoms with Crippen LogP contribution in [-0.4, -0.2) is 39.1 Å². The summed E-state index contributed by atoms with van der Waals surface area (Å²) >= 11 is 0. The minimum absolute atomic E-state index is 0.224. The topological polar surface area (TPSA) is 46.8 Å². The first kappa shape index (κ1) is 14.9. The van der Waals surface area contributed by atoms with E-state index in [0.29, 0.717) is 6.54 Å². The van der Waals surface area contributed by atoms with Gasteiger partial charge >= 0.3 is 6.09 Å². The lowest BCUT2D eigenvalue weighted by Gasteiger charge is -2.33. The van der Waals surface area contributed by atoms with Crippen molar-refractivity contribution in [1.29, 1.82) is 0 Å². The summed E-state index contributed by atoms with van der Waals surface area (Å²) in [5.41, 5.74) is 0.635. The van der Waals surface area contributed by atoms with E-state index in [0.717, 1.165) is 30.7 Å². The van der Waals surface area contributed by atoms with Gasteiger partial charge in [0.2, 0.25) is 0 Å². The quantitative estimate of drug-likeness (QED) is 0.810. The highest BCUT2D eigenvalue weighted by Gasteiger charge is 2.30.